The van der Waals surface area contributed by atoms with Crippen molar-refractivity contribution in [2.24, 2.45) is 0 Å². The zero-order valence-corrected chi connectivity index (χ0v) is 9.82. The van der Waals surface area contributed by atoms with Gasteiger partial charge in [-0.05, 0) is 18.4 Å². The average molecular weight is 231 g/mol. The molecular weight excluding hydrogens is 214 g/mol. The van der Waals surface area contributed by atoms with Crippen LogP contribution in [-0.2, 0) is 16.0 Å². The van der Waals surface area contributed by atoms with Crippen molar-refractivity contribution in [2.75, 3.05) is 13.2 Å². The molecule has 1 saturated heterocycles. The highest BCUT2D eigenvalue weighted by molar-refractivity contribution is 5.90. The Kier molecular flexibility index (Phi) is 4.19. The molecule has 1 aromatic carbocycles. The lowest BCUT2D eigenvalue weighted by Gasteiger charge is -2.02. The second-order valence-corrected chi connectivity index (χ2v) is 4.10. The number of carbonyl (C=O) groups excluding carboxylic acids is 1. The van der Waals surface area contributed by atoms with Crippen LogP contribution in [0, 0.1) is 0 Å². The second-order valence-electron chi connectivity index (χ2n) is 4.10. The summed E-state index contributed by atoms with van der Waals surface area (Å²) in [6, 6.07) is 10.4. The van der Waals surface area contributed by atoms with E-state index in [9.17, 15) is 4.79 Å². The lowest BCUT2D eigenvalue weighted by molar-refractivity contribution is -0.135. The first-order valence-corrected chi connectivity index (χ1v) is 6.00. The summed E-state index contributed by atoms with van der Waals surface area (Å²) in [4.78, 5) is 11.1. The summed E-state index contributed by atoms with van der Waals surface area (Å²) in [7, 11) is 0. The summed E-state index contributed by atoms with van der Waals surface area (Å²) in [5.74, 6) is -0.180. The quantitative estimate of drug-likeness (QED) is 0.479. The minimum absolute atomic E-state index is 0.180. The second kappa shape index (κ2) is 6.09. The van der Waals surface area contributed by atoms with E-state index in [1.165, 1.54) is 5.56 Å². The van der Waals surface area contributed by atoms with Crippen LogP contribution in [0.25, 0.3) is 0 Å². The maximum atomic E-state index is 11.1. The van der Waals surface area contributed by atoms with Gasteiger partial charge in [0.25, 0.3) is 0 Å². The van der Waals surface area contributed by atoms with Gasteiger partial charge in [0, 0.05) is 19.2 Å². The maximum absolute atomic E-state index is 11.1. The molecule has 0 radical (unpaired) electrons. The van der Waals surface area contributed by atoms with Crippen LogP contribution in [0.3, 0.4) is 0 Å². The third-order valence-corrected chi connectivity index (χ3v) is 2.77. The lowest BCUT2D eigenvalue weighted by atomic mass is 10.1. The zero-order valence-electron chi connectivity index (χ0n) is 9.82. The monoisotopic (exact) mass is 231 g/mol. The van der Waals surface area contributed by atoms with Crippen LogP contribution in [0.2, 0.25) is 0 Å². The van der Waals surface area contributed by atoms with Crippen molar-refractivity contribution < 1.29 is 9.53 Å². The van der Waals surface area contributed by atoms with Crippen molar-refractivity contribution in [3.8, 4) is 0 Å². The molecule has 1 aliphatic rings. The van der Waals surface area contributed by atoms with Gasteiger partial charge >= 0.3 is 5.97 Å². The molecule has 90 valence electrons. The fourth-order valence-electron chi connectivity index (χ4n) is 1.81. The van der Waals surface area contributed by atoms with E-state index >= 15 is 0 Å². The summed E-state index contributed by atoms with van der Waals surface area (Å²) in [5.41, 5.74) is 2.10. The number of hydrogen-bond acceptors (Lipinski definition) is 3. The van der Waals surface area contributed by atoms with Gasteiger partial charge in [0.1, 0.15) is 0 Å². The van der Waals surface area contributed by atoms with Crippen LogP contribution < -0.4 is 5.32 Å². The first-order valence-electron chi connectivity index (χ1n) is 6.00. The number of aryl methyl sites for hydroxylation is 1. The van der Waals surface area contributed by atoms with Crippen molar-refractivity contribution in [2.45, 2.75) is 19.3 Å². The van der Waals surface area contributed by atoms with Gasteiger partial charge in [-0.3, -0.25) is 0 Å². The summed E-state index contributed by atoms with van der Waals surface area (Å²) >= 11 is 0. The first kappa shape index (κ1) is 11.7. The molecular formula is C14H17NO2. The number of ether oxygens (including phenoxy) is 1. The standard InChI is InChI=1S/C14H17NO2/c16-14-13(8-10-17-14)11-15-9-4-7-12-5-2-1-3-6-12/h1-3,5-6,11,15H,4,7-10H2. The van der Waals surface area contributed by atoms with Gasteiger partial charge in [-0.2, -0.15) is 0 Å². The molecule has 0 unspecified atom stereocenters. The number of esters is 1. The topological polar surface area (TPSA) is 38.3 Å². The van der Waals surface area contributed by atoms with Gasteiger partial charge in [-0.1, -0.05) is 30.3 Å². The number of nitrogens with one attached hydrogen (secondary N) is 1. The zero-order chi connectivity index (χ0) is 11.9. The highest BCUT2D eigenvalue weighted by Crippen LogP contribution is 2.11. The molecule has 0 atom stereocenters. The Labute approximate surface area is 101 Å². The van der Waals surface area contributed by atoms with Gasteiger partial charge in [-0.15, -0.1) is 0 Å². The molecule has 3 nitrogen and oxygen atoms in total. The Hall–Kier alpha value is -1.77. The van der Waals surface area contributed by atoms with Crippen molar-refractivity contribution in [3.63, 3.8) is 0 Å². The van der Waals surface area contributed by atoms with E-state index in [4.69, 9.17) is 4.74 Å². The average Bonchev–Trinajstić information content (AvgIpc) is 2.76. The Morgan fingerprint density at radius 3 is 2.82 bits per heavy atom. The van der Waals surface area contributed by atoms with E-state index in [0.717, 1.165) is 31.4 Å². The molecule has 1 aromatic rings. The largest absolute Gasteiger partial charge is 0.462 e. The summed E-state index contributed by atoms with van der Waals surface area (Å²) in [6.07, 6.45) is 4.63. The molecule has 0 saturated carbocycles. The van der Waals surface area contributed by atoms with Crippen LogP contribution in [0.5, 0.6) is 0 Å². The van der Waals surface area contributed by atoms with E-state index in [1.807, 2.05) is 6.07 Å². The smallest absolute Gasteiger partial charge is 0.335 e. The Balaban J connectivity index is 1.65. The highest BCUT2D eigenvalue weighted by Gasteiger charge is 2.17. The molecule has 17 heavy (non-hydrogen) atoms. The maximum Gasteiger partial charge on any atom is 0.335 e. The number of benzene rings is 1. The minimum atomic E-state index is -0.180. The molecule has 1 fully saturated rings. The summed E-state index contributed by atoms with van der Waals surface area (Å²) in [6.45, 7) is 1.40. The van der Waals surface area contributed by atoms with Crippen LogP contribution in [0.15, 0.2) is 42.1 Å². The fourth-order valence-corrected chi connectivity index (χ4v) is 1.81. The van der Waals surface area contributed by atoms with Crippen molar-refractivity contribution in [1.29, 1.82) is 0 Å². The fraction of sp³-hybridized carbons (Fsp3) is 0.357. The van der Waals surface area contributed by atoms with Gasteiger partial charge in [-0.25, -0.2) is 4.79 Å². The van der Waals surface area contributed by atoms with E-state index in [1.54, 1.807) is 6.20 Å². The van der Waals surface area contributed by atoms with Crippen LogP contribution in [0.4, 0.5) is 0 Å². The molecule has 0 bridgehead atoms. The van der Waals surface area contributed by atoms with Crippen LogP contribution in [0.1, 0.15) is 18.4 Å². The van der Waals surface area contributed by atoms with Crippen LogP contribution >= 0.6 is 0 Å². The predicted octanol–water partition coefficient (Wildman–Crippen LogP) is 2.04. The Bertz CT molecular complexity index is 398. The van der Waals surface area contributed by atoms with Crippen molar-refractivity contribution in [3.05, 3.63) is 47.7 Å². The van der Waals surface area contributed by atoms with Crippen LogP contribution in [-0.4, -0.2) is 19.1 Å². The van der Waals surface area contributed by atoms with E-state index in [-0.39, 0.29) is 5.97 Å². The molecule has 0 amide bonds. The van der Waals surface area contributed by atoms with E-state index < -0.39 is 0 Å². The molecule has 1 N–H and O–H groups in total. The summed E-state index contributed by atoms with van der Waals surface area (Å²) < 4.78 is 4.84. The third kappa shape index (κ3) is 3.63. The Morgan fingerprint density at radius 2 is 2.12 bits per heavy atom. The van der Waals surface area contributed by atoms with Gasteiger partial charge < -0.3 is 10.1 Å². The molecule has 0 aliphatic carbocycles. The highest BCUT2D eigenvalue weighted by atomic mass is 16.5. The van der Waals surface area contributed by atoms with E-state index in [2.05, 4.69) is 29.6 Å². The number of carbonyl (C=O) groups is 1. The first-order chi connectivity index (χ1) is 8.36. The number of hydrogen-bond donors (Lipinski definition) is 1. The molecule has 1 aliphatic heterocycles. The molecule has 1 heterocycles. The SMILES string of the molecule is O=C1OCCC1=CNCCCc1ccccc1. The third-order valence-electron chi connectivity index (χ3n) is 2.77. The van der Waals surface area contributed by atoms with Gasteiger partial charge in [0.2, 0.25) is 0 Å². The molecule has 2 rings (SSSR count). The van der Waals surface area contributed by atoms with Crippen molar-refractivity contribution >= 4 is 5.97 Å². The van der Waals surface area contributed by atoms with E-state index in [0.29, 0.717) is 6.61 Å². The molecule has 3 heteroatoms. The van der Waals surface area contributed by atoms with Gasteiger partial charge in [0.05, 0.1) is 12.2 Å². The number of cyclic esters (lactones) is 1. The summed E-state index contributed by atoms with van der Waals surface area (Å²) in [5, 5.41) is 3.17. The lowest BCUT2D eigenvalue weighted by Crippen LogP contribution is -2.10. The minimum Gasteiger partial charge on any atom is -0.462 e. The van der Waals surface area contributed by atoms with Gasteiger partial charge in [0.15, 0.2) is 0 Å². The normalized spacial score (nSPS) is 17.2. The number of rotatable bonds is 5. The van der Waals surface area contributed by atoms with Crippen molar-refractivity contribution in [1.82, 2.24) is 5.32 Å². The predicted molar refractivity (Wildman–Crippen MR) is 66.4 cm³/mol. The molecule has 0 aromatic heterocycles. The Morgan fingerprint density at radius 1 is 1.29 bits per heavy atom. The molecule has 0 spiro atoms.